The molecule has 186 valence electrons. The van der Waals surface area contributed by atoms with Gasteiger partial charge in [0.15, 0.2) is 0 Å². The minimum atomic E-state index is -4.90. The zero-order valence-electron chi connectivity index (χ0n) is 19.4. The van der Waals surface area contributed by atoms with E-state index in [1.807, 2.05) is 0 Å². The highest BCUT2D eigenvalue weighted by molar-refractivity contribution is 6.01. The lowest BCUT2D eigenvalue weighted by molar-refractivity contribution is -0.274. The van der Waals surface area contributed by atoms with E-state index < -0.39 is 23.9 Å². The quantitative estimate of drug-likeness (QED) is 0.475. The SMILES string of the molecule is COC[C@H]1C[C@H](N(C)C(C)C)CC[C@@H]1NC(=O)CNC(=O)c1cc(OC(F)(F)F)ccc1N. The van der Waals surface area contributed by atoms with Gasteiger partial charge in [-0.15, -0.1) is 13.2 Å². The Hall–Kier alpha value is -2.53. The van der Waals surface area contributed by atoms with Crippen molar-refractivity contribution in [2.24, 2.45) is 5.92 Å². The highest BCUT2D eigenvalue weighted by atomic mass is 19.4. The molecule has 2 rings (SSSR count). The van der Waals surface area contributed by atoms with Crippen LogP contribution in [-0.2, 0) is 9.53 Å². The van der Waals surface area contributed by atoms with Gasteiger partial charge in [-0.3, -0.25) is 9.59 Å². The van der Waals surface area contributed by atoms with E-state index in [9.17, 15) is 22.8 Å². The summed E-state index contributed by atoms with van der Waals surface area (Å²) in [4.78, 5) is 27.2. The van der Waals surface area contributed by atoms with Crippen LogP contribution in [-0.4, -0.2) is 68.5 Å². The molecule has 0 unspecified atom stereocenters. The summed E-state index contributed by atoms with van der Waals surface area (Å²) >= 11 is 0. The molecule has 33 heavy (non-hydrogen) atoms. The summed E-state index contributed by atoms with van der Waals surface area (Å²) in [6.07, 6.45) is -2.32. The van der Waals surface area contributed by atoms with E-state index in [2.05, 4.69) is 41.2 Å². The fourth-order valence-electron chi connectivity index (χ4n) is 4.06. The van der Waals surface area contributed by atoms with E-state index in [4.69, 9.17) is 10.5 Å². The summed E-state index contributed by atoms with van der Waals surface area (Å²) in [5.74, 6) is -1.62. The number of benzene rings is 1. The molecule has 0 heterocycles. The Morgan fingerprint density at radius 1 is 1.27 bits per heavy atom. The van der Waals surface area contributed by atoms with E-state index in [0.717, 1.165) is 37.5 Å². The molecule has 2 amide bonds. The molecule has 0 bridgehead atoms. The summed E-state index contributed by atoms with van der Waals surface area (Å²) in [7, 11) is 3.71. The number of anilines is 1. The predicted molar refractivity (Wildman–Crippen MR) is 118 cm³/mol. The number of halogens is 3. The number of nitrogen functional groups attached to an aromatic ring is 1. The third kappa shape index (κ3) is 8.08. The van der Waals surface area contributed by atoms with Gasteiger partial charge in [0.2, 0.25) is 5.91 Å². The van der Waals surface area contributed by atoms with E-state index >= 15 is 0 Å². The Labute approximate surface area is 192 Å². The molecule has 1 aromatic carbocycles. The monoisotopic (exact) mass is 474 g/mol. The van der Waals surface area contributed by atoms with Crippen molar-refractivity contribution in [3.05, 3.63) is 23.8 Å². The molecule has 4 N–H and O–H groups in total. The maximum atomic E-state index is 12.5. The van der Waals surface area contributed by atoms with Crippen LogP contribution in [0.1, 0.15) is 43.5 Å². The van der Waals surface area contributed by atoms with Crippen molar-refractivity contribution >= 4 is 17.5 Å². The van der Waals surface area contributed by atoms with Gasteiger partial charge in [-0.25, -0.2) is 0 Å². The number of rotatable bonds is 9. The van der Waals surface area contributed by atoms with Crippen molar-refractivity contribution in [2.45, 2.75) is 57.6 Å². The fourth-order valence-corrected chi connectivity index (χ4v) is 4.06. The Kier molecular flexibility index (Phi) is 9.35. The van der Waals surface area contributed by atoms with Gasteiger partial charge in [0, 0.05) is 36.8 Å². The molecular formula is C22H33F3N4O4. The van der Waals surface area contributed by atoms with Gasteiger partial charge in [0.1, 0.15) is 5.75 Å². The molecule has 1 aliphatic carbocycles. The number of ether oxygens (including phenoxy) is 2. The summed E-state index contributed by atoms with van der Waals surface area (Å²) in [5, 5.41) is 5.35. The molecule has 0 aromatic heterocycles. The Morgan fingerprint density at radius 3 is 2.58 bits per heavy atom. The normalized spacial score (nSPS) is 21.2. The van der Waals surface area contributed by atoms with Crippen LogP contribution in [0.5, 0.6) is 5.75 Å². The second-order valence-corrected chi connectivity index (χ2v) is 8.60. The number of carbonyl (C=O) groups is 2. The molecule has 0 saturated heterocycles. The summed E-state index contributed by atoms with van der Waals surface area (Å²) in [6, 6.07) is 3.74. The molecular weight excluding hydrogens is 441 g/mol. The van der Waals surface area contributed by atoms with E-state index in [-0.39, 0.29) is 29.8 Å². The van der Waals surface area contributed by atoms with Crippen LogP contribution in [0.3, 0.4) is 0 Å². The fraction of sp³-hybridized carbons (Fsp3) is 0.636. The first kappa shape index (κ1) is 26.7. The Bertz CT molecular complexity index is 819. The molecule has 1 aliphatic rings. The maximum Gasteiger partial charge on any atom is 0.573 e. The first-order valence-corrected chi connectivity index (χ1v) is 10.8. The molecule has 8 nitrogen and oxygen atoms in total. The Morgan fingerprint density at radius 2 is 1.97 bits per heavy atom. The topological polar surface area (TPSA) is 106 Å². The maximum absolute atomic E-state index is 12.5. The lowest BCUT2D eigenvalue weighted by Crippen LogP contribution is -2.52. The second-order valence-electron chi connectivity index (χ2n) is 8.60. The number of nitrogens with one attached hydrogen (secondary N) is 2. The zero-order valence-corrected chi connectivity index (χ0v) is 19.4. The van der Waals surface area contributed by atoms with Crippen molar-refractivity contribution in [3.8, 4) is 5.75 Å². The van der Waals surface area contributed by atoms with Crippen molar-refractivity contribution in [1.29, 1.82) is 0 Å². The number of hydrogen-bond donors (Lipinski definition) is 3. The molecule has 11 heteroatoms. The minimum Gasteiger partial charge on any atom is -0.406 e. The first-order valence-electron chi connectivity index (χ1n) is 10.8. The number of nitrogens with zero attached hydrogens (tertiary/aromatic N) is 1. The van der Waals surface area contributed by atoms with Crippen LogP contribution in [0.4, 0.5) is 18.9 Å². The van der Waals surface area contributed by atoms with Gasteiger partial charge < -0.3 is 30.7 Å². The average molecular weight is 475 g/mol. The van der Waals surface area contributed by atoms with Crippen LogP contribution >= 0.6 is 0 Å². The average Bonchev–Trinajstić information content (AvgIpc) is 2.73. The molecule has 1 aromatic rings. The van der Waals surface area contributed by atoms with Crippen molar-refractivity contribution in [1.82, 2.24) is 15.5 Å². The van der Waals surface area contributed by atoms with Crippen LogP contribution < -0.4 is 21.1 Å². The van der Waals surface area contributed by atoms with Gasteiger partial charge in [0.25, 0.3) is 5.91 Å². The first-order chi connectivity index (χ1) is 15.4. The highest BCUT2D eigenvalue weighted by Gasteiger charge is 2.34. The Balaban J connectivity index is 1.94. The molecule has 0 spiro atoms. The molecule has 1 saturated carbocycles. The summed E-state index contributed by atoms with van der Waals surface area (Å²) in [5.41, 5.74) is 5.46. The van der Waals surface area contributed by atoms with E-state index in [1.165, 1.54) is 0 Å². The third-order valence-electron chi connectivity index (χ3n) is 5.98. The summed E-state index contributed by atoms with van der Waals surface area (Å²) in [6.45, 7) is 4.44. The van der Waals surface area contributed by atoms with E-state index in [0.29, 0.717) is 18.7 Å². The number of amides is 2. The van der Waals surface area contributed by atoms with Crippen molar-refractivity contribution in [3.63, 3.8) is 0 Å². The van der Waals surface area contributed by atoms with Crippen molar-refractivity contribution in [2.75, 3.05) is 33.0 Å². The molecule has 3 atom stereocenters. The van der Waals surface area contributed by atoms with Gasteiger partial charge in [-0.1, -0.05) is 0 Å². The number of hydrogen-bond acceptors (Lipinski definition) is 6. The summed E-state index contributed by atoms with van der Waals surface area (Å²) < 4.78 is 46.5. The number of carbonyl (C=O) groups excluding carboxylic acids is 2. The minimum absolute atomic E-state index is 0.0322. The smallest absolute Gasteiger partial charge is 0.406 e. The van der Waals surface area contributed by atoms with Crippen LogP contribution in [0.2, 0.25) is 0 Å². The van der Waals surface area contributed by atoms with Crippen LogP contribution in [0, 0.1) is 5.92 Å². The van der Waals surface area contributed by atoms with Crippen molar-refractivity contribution < 1.29 is 32.2 Å². The predicted octanol–water partition coefficient (Wildman–Crippen LogP) is 2.54. The van der Waals surface area contributed by atoms with Gasteiger partial charge in [-0.05, 0) is 58.4 Å². The molecule has 0 aliphatic heterocycles. The third-order valence-corrected chi connectivity index (χ3v) is 5.98. The number of alkyl halides is 3. The second kappa shape index (κ2) is 11.6. The molecule has 1 fully saturated rings. The highest BCUT2D eigenvalue weighted by Crippen LogP contribution is 2.29. The van der Waals surface area contributed by atoms with Gasteiger partial charge in [0.05, 0.1) is 18.7 Å². The van der Waals surface area contributed by atoms with Gasteiger partial charge >= 0.3 is 6.36 Å². The van der Waals surface area contributed by atoms with E-state index in [1.54, 1.807) is 7.11 Å². The number of nitrogens with two attached hydrogens (primary N) is 1. The lowest BCUT2D eigenvalue weighted by atomic mass is 9.81. The van der Waals surface area contributed by atoms with Crippen LogP contribution in [0.15, 0.2) is 18.2 Å². The number of methoxy groups -OCH3 is 1. The standard InChI is InChI=1S/C22H33F3N4O4/c1-13(2)29(3)15-5-8-19(14(9-15)12-32-4)28-20(30)11-27-21(31)17-10-16(6-7-18(17)26)33-22(23,24)25/h6-7,10,13-15,19H,5,8-9,11-12,26H2,1-4H3,(H,27,31)(H,28,30)/t14-,15-,19+/m1/s1. The van der Waals surface area contributed by atoms with Crippen LogP contribution in [0.25, 0.3) is 0 Å². The largest absolute Gasteiger partial charge is 0.573 e. The zero-order chi connectivity index (χ0) is 24.8. The van der Waals surface area contributed by atoms with Gasteiger partial charge in [-0.2, -0.15) is 0 Å². The lowest BCUT2D eigenvalue weighted by Gasteiger charge is -2.41. The molecule has 0 radical (unpaired) electrons.